The lowest BCUT2D eigenvalue weighted by Gasteiger charge is -2.36. The van der Waals surface area contributed by atoms with Gasteiger partial charge < -0.3 is 10.6 Å². The molecule has 7 heteroatoms. The van der Waals surface area contributed by atoms with Crippen LogP contribution in [0.3, 0.4) is 0 Å². The third kappa shape index (κ3) is 2.07. The van der Waals surface area contributed by atoms with E-state index >= 15 is 0 Å². The summed E-state index contributed by atoms with van der Waals surface area (Å²) in [4.78, 5) is 13.2. The van der Waals surface area contributed by atoms with Crippen LogP contribution in [0.2, 0.25) is 0 Å². The van der Waals surface area contributed by atoms with E-state index in [1.807, 2.05) is 0 Å². The van der Waals surface area contributed by atoms with E-state index in [1.54, 1.807) is 4.90 Å². The Hall–Kier alpha value is -0.660. The second-order valence-electron chi connectivity index (χ2n) is 4.24. The molecule has 0 aromatic heterocycles. The van der Waals surface area contributed by atoms with Crippen molar-refractivity contribution in [3.63, 3.8) is 0 Å². The van der Waals surface area contributed by atoms with E-state index in [-0.39, 0.29) is 24.2 Å². The molecule has 16 heavy (non-hydrogen) atoms. The standard InChI is InChI=1S/C9H17N3O3S/c10-3-6-16(14,15)11-4-5-12-8(7-11)1-2-9(12)13/h8H,1-7,10H2. The van der Waals surface area contributed by atoms with Gasteiger partial charge in [0, 0.05) is 38.6 Å². The molecule has 1 amide bonds. The number of hydrogen-bond acceptors (Lipinski definition) is 4. The van der Waals surface area contributed by atoms with Crippen molar-refractivity contribution in [3.8, 4) is 0 Å². The maximum atomic E-state index is 11.8. The Morgan fingerprint density at radius 2 is 2.12 bits per heavy atom. The molecule has 2 saturated heterocycles. The first-order valence-electron chi connectivity index (χ1n) is 5.52. The zero-order valence-electron chi connectivity index (χ0n) is 9.13. The Morgan fingerprint density at radius 1 is 1.38 bits per heavy atom. The lowest BCUT2D eigenvalue weighted by atomic mass is 10.2. The van der Waals surface area contributed by atoms with Gasteiger partial charge in [-0.3, -0.25) is 4.79 Å². The van der Waals surface area contributed by atoms with Crippen molar-refractivity contribution in [1.82, 2.24) is 9.21 Å². The van der Waals surface area contributed by atoms with Crippen LogP contribution < -0.4 is 5.73 Å². The van der Waals surface area contributed by atoms with Crippen molar-refractivity contribution in [1.29, 1.82) is 0 Å². The van der Waals surface area contributed by atoms with E-state index in [4.69, 9.17) is 5.73 Å². The number of nitrogens with two attached hydrogens (primary N) is 1. The second-order valence-corrected chi connectivity index (χ2v) is 6.33. The first kappa shape index (κ1) is 11.8. The Labute approximate surface area is 95.4 Å². The van der Waals surface area contributed by atoms with Gasteiger partial charge in [-0.2, -0.15) is 4.31 Å². The molecule has 92 valence electrons. The van der Waals surface area contributed by atoms with Gasteiger partial charge in [0.15, 0.2) is 0 Å². The highest BCUT2D eigenvalue weighted by molar-refractivity contribution is 7.89. The predicted octanol–water partition coefficient (Wildman–Crippen LogP) is -1.42. The summed E-state index contributed by atoms with van der Waals surface area (Å²) in [5.74, 6) is 0.147. The predicted molar refractivity (Wildman–Crippen MR) is 59.1 cm³/mol. The van der Waals surface area contributed by atoms with Gasteiger partial charge in [-0.15, -0.1) is 0 Å². The molecule has 2 N–H and O–H groups in total. The fourth-order valence-corrected chi connectivity index (χ4v) is 3.68. The van der Waals surface area contributed by atoms with Crippen molar-refractivity contribution in [3.05, 3.63) is 0 Å². The average Bonchev–Trinajstić information content (AvgIpc) is 2.60. The van der Waals surface area contributed by atoms with Crippen molar-refractivity contribution in [2.45, 2.75) is 18.9 Å². The molecule has 0 aliphatic carbocycles. The summed E-state index contributed by atoms with van der Waals surface area (Å²) in [7, 11) is -3.22. The van der Waals surface area contributed by atoms with Crippen molar-refractivity contribution < 1.29 is 13.2 Å². The van der Waals surface area contributed by atoms with E-state index in [1.165, 1.54) is 4.31 Å². The number of carbonyl (C=O) groups is 1. The number of carbonyl (C=O) groups excluding carboxylic acids is 1. The summed E-state index contributed by atoms with van der Waals surface area (Å²) in [6.07, 6.45) is 1.32. The quantitative estimate of drug-likeness (QED) is 0.663. The van der Waals surface area contributed by atoms with Crippen LogP contribution in [0, 0.1) is 0 Å². The van der Waals surface area contributed by atoms with Crippen LogP contribution in [0.15, 0.2) is 0 Å². The van der Waals surface area contributed by atoms with Crippen LogP contribution in [0.25, 0.3) is 0 Å². The van der Waals surface area contributed by atoms with E-state index < -0.39 is 10.0 Å². The summed E-state index contributed by atoms with van der Waals surface area (Å²) < 4.78 is 25.1. The summed E-state index contributed by atoms with van der Waals surface area (Å²) in [5.41, 5.74) is 5.28. The molecule has 2 heterocycles. The third-order valence-electron chi connectivity index (χ3n) is 3.23. The van der Waals surface area contributed by atoms with Crippen molar-refractivity contribution >= 4 is 15.9 Å². The lowest BCUT2D eigenvalue weighted by molar-refractivity contribution is -0.130. The first-order valence-corrected chi connectivity index (χ1v) is 7.13. The minimum atomic E-state index is -3.22. The van der Waals surface area contributed by atoms with Gasteiger partial charge in [-0.1, -0.05) is 0 Å². The van der Waals surface area contributed by atoms with Crippen LogP contribution in [-0.2, 0) is 14.8 Å². The molecule has 0 aromatic carbocycles. The van der Waals surface area contributed by atoms with Gasteiger partial charge in [-0.25, -0.2) is 8.42 Å². The minimum absolute atomic E-state index is 0.00628. The SMILES string of the molecule is NCCS(=O)(=O)N1CCN2C(=O)CCC2C1. The Balaban J connectivity index is 2.04. The molecular weight excluding hydrogens is 230 g/mol. The van der Waals surface area contributed by atoms with Crippen molar-refractivity contribution in [2.24, 2.45) is 5.73 Å². The van der Waals surface area contributed by atoms with Gasteiger partial charge in [0.25, 0.3) is 0 Å². The molecule has 0 bridgehead atoms. The average molecular weight is 247 g/mol. The largest absolute Gasteiger partial charge is 0.337 e. The smallest absolute Gasteiger partial charge is 0.222 e. The fraction of sp³-hybridized carbons (Fsp3) is 0.889. The molecule has 0 radical (unpaired) electrons. The van der Waals surface area contributed by atoms with Crippen LogP contribution in [0.5, 0.6) is 0 Å². The highest BCUT2D eigenvalue weighted by atomic mass is 32.2. The topological polar surface area (TPSA) is 83.7 Å². The maximum Gasteiger partial charge on any atom is 0.222 e. The summed E-state index contributed by atoms with van der Waals surface area (Å²) in [6, 6.07) is 0.0776. The zero-order valence-corrected chi connectivity index (χ0v) is 9.95. The molecular formula is C9H17N3O3S. The minimum Gasteiger partial charge on any atom is -0.337 e. The van der Waals surface area contributed by atoms with Crippen LogP contribution in [-0.4, -0.2) is 61.5 Å². The van der Waals surface area contributed by atoms with E-state index in [9.17, 15) is 13.2 Å². The number of hydrogen-bond donors (Lipinski definition) is 1. The number of rotatable bonds is 3. The lowest BCUT2D eigenvalue weighted by Crippen LogP contribution is -2.53. The zero-order chi connectivity index (χ0) is 11.8. The molecule has 0 aromatic rings. The third-order valence-corrected chi connectivity index (χ3v) is 5.10. The molecule has 2 fully saturated rings. The maximum absolute atomic E-state index is 11.8. The highest BCUT2D eigenvalue weighted by Crippen LogP contribution is 2.24. The second kappa shape index (κ2) is 4.31. The van der Waals surface area contributed by atoms with Gasteiger partial charge >= 0.3 is 0 Å². The molecule has 1 atom stereocenters. The monoisotopic (exact) mass is 247 g/mol. The number of amides is 1. The van der Waals surface area contributed by atoms with Gasteiger partial charge in [-0.05, 0) is 6.42 Å². The number of piperazine rings is 1. The van der Waals surface area contributed by atoms with E-state index in [0.29, 0.717) is 26.1 Å². The normalized spacial score (nSPS) is 27.2. The first-order chi connectivity index (χ1) is 7.54. The summed E-state index contributed by atoms with van der Waals surface area (Å²) in [6.45, 7) is 1.51. The van der Waals surface area contributed by atoms with Gasteiger partial charge in [0.05, 0.1) is 5.75 Å². The number of fused-ring (bicyclic) bond motifs is 1. The van der Waals surface area contributed by atoms with E-state index in [2.05, 4.69) is 0 Å². The van der Waals surface area contributed by atoms with Crippen LogP contribution >= 0.6 is 0 Å². The molecule has 2 aliphatic rings. The Bertz CT molecular complexity index is 381. The summed E-state index contributed by atoms with van der Waals surface area (Å²) >= 11 is 0. The fourth-order valence-electron chi connectivity index (χ4n) is 2.37. The number of nitrogens with zero attached hydrogens (tertiary/aromatic N) is 2. The molecule has 1 unspecified atom stereocenters. The molecule has 6 nitrogen and oxygen atoms in total. The molecule has 2 rings (SSSR count). The Kier molecular flexibility index (Phi) is 3.18. The van der Waals surface area contributed by atoms with Gasteiger partial charge in [0.1, 0.15) is 0 Å². The molecule has 2 aliphatic heterocycles. The van der Waals surface area contributed by atoms with Crippen LogP contribution in [0.4, 0.5) is 0 Å². The van der Waals surface area contributed by atoms with Crippen LogP contribution in [0.1, 0.15) is 12.8 Å². The van der Waals surface area contributed by atoms with Crippen molar-refractivity contribution in [2.75, 3.05) is 31.9 Å². The summed E-state index contributed by atoms with van der Waals surface area (Å²) in [5, 5.41) is 0. The highest BCUT2D eigenvalue weighted by Gasteiger charge is 2.38. The molecule has 0 saturated carbocycles. The van der Waals surface area contributed by atoms with Gasteiger partial charge in [0.2, 0.25) is 15.9 Å². The number of sulfonamides is 1. The molecule has 0 spiro atoms. The Morgan fingerprint density at radius 3 is 2.81 bits per heavy atom. The van der Waals surface area contributed by atoms with E-state index in [0.717, 1.165) is 6.42 Å².